The number of rotatable bonds is 5. The van der Waals surface area contributed by atoms with Gasteiger partial charge in [-0.1, -0.05) is 22.9 Å². The first-order valence-corrected chi connectivity index (χ1v) is 10.6. The zero-order valence-corrected chi connectivity index (χ0v) is 16.1. The van der Waals surface area contributed by atoms with Crippen molar-refractivity contribution in [3.63, 3.8) is 0 Å². The number of benzene rings is 1. The van der Waals surface area contributed by atoms with E-state index in [4.69, 9.17) is 16.3 Å². The summed E-state index contributed by atoms with van der Waals surface area (Å²) in [6, 6.07) is 9.20. The fourth-order valence-corrected chi connectivity index (χ4v) is 5.44. The number of thiophene rings is 2. The van der Waals surface area contributed by atoms with Crippen LogP contribution < -0.4 is 10.1 Å². The average molecular weight is 414 g/mol. The van der Waals surface area contributed by atoms with Crippen LogP contribution in [0.3, 0.4) is 0 Å². The maximum absolute atomic E-state index is 12.8. The van der Waals surface area contributed by atoms with Gasteiger partial charge in [0.25, 0.3) is 5.91 Å². The minimum absolute atomic E-state index is 0.0525. The number of methoxy groups -OCH3 is 1. The summed E-state index contributed by atoms with van der Waals surface area (Å²) >= 11 is 8.19. The molecule has 2 aromatic heterocycles. The van der Waals surface area contributed by atoms with Crippen molar-refractivity contribution in [2.45, 2.75) is 9.79 Å². The number of carbonyl (C=O) groups excluding carboxylic acids is 1. The molecular weight excluding hydrogens is 402 g/mol. The Morgan fingerprint density at radius 1 is 1.12 bits per heavy atom. The molecule has 130 valence electrons. The summed E-state index contributed by atoms with van der Waals surface area (Å²) in [4.78, 5) is 12.9. The Balaban J connectivity index is 1.89. The van der Waals surface area contributed by atoms with Crippen LogP contribution >= 0.6 is 34.3 Å². The van der Waals surface area contributed by atoms with Crippen molar-refractivity contribution >= 4 is 55.7 Å². The summed E-state index contributed by atoms with van der Waals surface area (Å²) in [6.07, 6.45) is 0. The molecular formula is C16H12ClNO4S3. The van der Waals surface area contributed by atoms with E-state index in [2.05, 4.69) is 5.32 Å². The summed E-state index contributed by atoms with van der Waals surface area (Å²) in [6.45, 7) is 0. The fourth-order valence-electron chi connectivity index (χ4n) is 2.06. The highest BCUT2D eigenvalue weighted by atomic mass is 35.5. The van der Waals surface area contributed by atoms with E-state index in [0.717, 1.165) is 0 Å². The molecule has 1 amide bonds. The highest BCUT2D eigenvalue weighted by Crippen LogP contribution is 2.32. The van der Waals surface area contributed by atoms with Gasteiger partial charge < -0.3 is 10.1 Å². The standard InChI is InChI=1S/C16H12ClNO4S3/c1-22-15-7-6-13(24-15)16(19)18-12-8-23-9-14(12)25(20,21)11-4-2-10(17)3-5-11/h2-9H,1H3,(H,18,19). The highest BCUT2D eigenvalue weighted by Gasteiger charge is 2.24. The number of hydrogen-bond donors (Lipinski definition) is 1. The second-order valence-electron chi connectivity index (χ2n) is 4.88. The molecule has 0 bridgehead atoms. The molecule has 3 aromatic rings. The Kier molecular flexibility index (Phi) is 5.14. The van der Waals surface area contributed by atoms with E-state index < -0.39 is 9.84 Å². The number of hydrogen-bond acceptors (Lipinski definition) is 6. The molecule has 0 atom stereocenters. The van der Waals surface area contributed by atoms with Crippen molar-refractivity contribution in [2.75, 3.05) is 12.4 Å². The van der Waals surface area contributed by atoms with Gasteiger partial charge in [0.2, 0.25) is 9.84 Å². The number of carbonyl (C=O) groups is 1. The molecule has 1 aromatic carbocycles. The van der Waals surface area contributed by atoms with Gasteiger partial charge in [-0.15, -0.1) is 11.3 Å². The monoisotopic (exact) mass is 413 g/mol. The molecule has 1 N–H and O–H groups in total. The van der Waals surface area contributed by atoms with E-state index >= 15 is 0 Å². The zero-order chi connectivity index (χ0) is 18.0. The van der Waals surface area contributed by atoms with Gasteiger partial charge in [-0.25, -0.2) is 8.42 Å². The second kappa shape index (κ2) is 7.17. The summed E-state index contributed by atoms with van der Waals surface area (Å²) in [7, 11) is -2.24. The second-order valence-corrected chi connectivity index (χ2v) is 9.03. The smallest absolute Gasteiger partial charge is 0.265 e. The third kappa shape index (κ3) is 3.72. The number of amides is 1. The predicted molar refractivity (Wildman–Crippen MR) is 100 cm³/mol. The minimum Gasteiger partial charge on any atom is -0.487 e. The molecule has 0 aliphatic carbocycles. The minimum atomic E-state index is -3.75. The van der Waals surface area contributed by atoms with Crippen molar-refractivity contribution in [3.8, 4) is 5.06 Å². The lowest BCUT2D eigenvalue weighted by Gasteiger charge is -2.07. The topological polar surface area (TPSA) is 72.5 Å². The number of anilines is 1. The molecule has 5 nitrogen and oxygen atoms in total. The van der Waals surface area contributed by atoms with Gasteiger partial charge in [-0.3, -0.25) is 4.79 Å². The van der Waals surface area contributed by atoms with Crippen LogP contribution in [0.5, 0.6) is 5.06 Å². The summed E-state index contributed by atoms with van der Waals surface area (Å²) in [5, 5.41) is 6.79. The first kappa shape index (κ1) is 17.9. The van der Waals surface area contributed by atoms with Crippen LogP contribution in [0.25, 0.3) is 0 Å². The van der Waals surface area contributed by atoms with E-state index in [1.807, 2.05) is 0 Å². The first-order valence-electron chi connectivity index (χ1n) is 6.94. The lowest BCUT2D eigenvalue weighted by Crippen LogP contribution is -2.12. The zero-order valence-electron chi connectivity index (χ0n) is 12.9. The number of ether oxygens (including phenoxy) is 1. The lowest BCUT2D eigenvalue weighted by atomic mass is 10.4. The Labute approximate surface area is 157 Å². The van der Waals surface area contributed by atoms with E-state index in [0.29, 0.717) is 15.0 Å². The number of nitrogens with one attached hydrogen (secondary N) is 1. The molecule has 0 spiro atoms. The van der Waals surface area contributed by atoms with Gasteiger partial charge in [0.05, 0.1) is 22.6 Å². The van der Waals surface area contributed by atoms with Gasteiger partial charge in [0, 0.05) is 15.8 Å². The summed E-state index contributed by atoms with van der Waals surface area (Å²) < 4.78 is 30.6. The molecule has 2 heterocycles. The van der Waals surface area contributed by atoms with Crippen LogP contribution in [0.2, 0.25) is 5.02 Å². The van der Waals surface area contributed by atoms with E-state index in [-0.39, 0.29) is 21.4 Å². The lowest BCUT2D eigenvalue weighted by molar-refractivity contribution is 0.103. The van der Waals surface area contributed by atoms with Crippen LogP contribution in [0.1, 0.15) is 9.67 Å². The van der Waals surface area contributed by atoms with Gasteiger partial charge in [0.15, 0.2) is 5.06 Å². The average Bonchev–Trinajstić information content (AvgIpc) is 3.24. The Morgan fingerprint density at radius 3 is 2.48 bits per heavy atom. The third-order valence-electron chi connectivity index (χ3n) is 3.29. The maximum Gasteiger partial charge on any atom is 0.265 e. The van der Waals surface area contributed by atoms with E-state index in [9.17, 15) is 13.2 Å². The SMILES string of the molecule is COc1ccc(C(=O)Nc2cscc2S(=O)(=O)c2ccc(Cl)cc2)s1. The molecule has 0 saturated heterocycles. The van der Waals surface area contributed by atoms with Crippen LogP contribution in [-0.2, 0) is 9.84 Å². The molecule has 0 radical (unpaired) electrons. The summed E-state index contributed by atoms with van der Waals surface area (Å²) in [5.41, 5.74) is 0.248. The van der Waals surface area contributed by atoms with Crippen LogP contribution in [0.4, 0.5) is 5.69 Å². The molecule has 0 aliphatic rings. The van der Waals surface area contributed by atoms with Gasteiger partial charge in [-0.05, 0) is 36.4 Å². The van der Waals surface area contributed by atoms with Crippen molar-refractivity contribution in [1.29, 1.82) is 0 Å². The largest absolute Gasteiger partial charge is 0.487 e. The van der Waals surface area contributed by atoms with Crippen molar-refractivity contribution in [2.24, 2.45) is 0 Å². The fraction of sp³-hybridized carbons (Fsp3) is 0.0625. The number of halogens is 1. The highest BCUT2D eigenvalue weighted by molar-refractivity contribution is 7.91. The molecule has 0 aliphatic heterocycles. The van der Waals surface area contributed by atoms with Crippen molar-refractivity contribution < 1.29 is 17.9 Å². The first-order chi connectivity index (χ1) is 11.9. The molecule has 3 rings (SSSR count). The summed E-state index contributed by atoms with van der Waals surface area (Å²) in [5.74, 6) is -0.390. The van der Waals surface area contributed by atoms with Crippen molar-refractivity contribution in [3.05, 3.63) is 57.1 Å². The normalized spacial score (nSPS) is 11.3. The van der Waals surface area contributed by atoms with Gasteiger partial charge in [-0.2, -0.15) is 0 Å². The van der Waals surface area contributed by atoms with Crippen LogP contribution in [0.15, 0.2) is 56.9 Å². The Hall–Kier alpha value is -1.87. The molecule has 0 saturated carbocycles. The third-order valence-corrected chi connectivity index (χ3v) is 7.29. The van der Waals surface area contributed by atoms with Crippen molar-refractivity contribution in [1.82, 2.24) is 0 Å². The molecule has 0 unspecified atom stereocenters. The number of sulfone groups is 1. The predicted octanol–water partition coefficient (Wildman–Crippen LogP) is 4.56. The molecule has 0 fully saturated rings. The molecule has 25 heavy (non-hydrogen) atoms. The van der Waals surface area contributed by atoms with Crippen LogP contribution in [0, 0.1) is 0 Å². The Morgan fingerprint density at radius 2 is 1.84 bits per heavy atom. The van der Waals surface area contributed by atoms with E-state index in [1.54, 1.807) is 17.5 Å². The maximum atomic E-state index is 12.8. The quantitative estimate of drug-likeness (QED) is 0.665. The van der Waals surface area contributed by atoms with Gasteiger partial charge in [0.1, 0.15) is 4.90 Å². The van der Waals surface area contributed by atoms with Crippen LogP contribution in [-0.4, -0.2) is 21.4 Å². The van der Waals surface area contributed by atoms with Gasteiger partial charge >= 0.3 is 0 Å². The van der Waals surface area contributed by atoms with E-state index in [1.165, 1.54) is 59.4 Å². The Bertz CT molecular complexity index is 1010. The molecule has 9 heteroatoms.